The van der Waals surface area contributed by atoms with Crippen molar-refractivity contribution in [2.24, 2.45) is 5.41 Å². The number of likely N-dealkylation sites (N-methyl/N-ethyl adjacent to an activating group) is 1. The van der Waals surface area contributed by atoms with Crippen molar-refractivity contribution in [1.29, 1.82) is 0 Å². The molecular formula is C22H29NO2. The lowest BCUT2D eigenvalue weighted by atomic mass is 9.86. The molecule has 0 aliphatic rings. The summed E-state index contributed by atoms with van der Waals surface area (Å²) < 4.78 is 0. The summed E-state index contributed by atoms with van der Waals surface area (Å²) in [6, 6.07) is 9.99. The summed E-state index contributed by atoms with van der Waals surface area (Å²) >= 11 is 0. The van der Waals surface area contributed by atoms with E-state index >= 15 is 0 Å². The molecule has 134 valence electrons. The van der Waals surface area contributed by atoms with Crippen molar-refractivity contribution in [1.82, 2.24) is 5.32 Å². The fourth-order valence-corrected chi connectivity index (χ4v) is 2.41. The van der Waals surface area contributed by atoms with Crippen molar-refractivity contribution in [3.05, 3.63) is 71.3 Å². The predicted octanol–water partition coefficient (Wildman–Crippen LogP) is 4.41. The monoisotopic (exact) mass is 339 g/mol. The van der Waals surface area contributed by atoms with E-state index < -0.39 is 0 Å². The topological polar surface area (TPSA) is 46.2 Å². The highest BCUT2D eigenvalue weighted by Crippen LogP contribution is 2.23. The van der Waals surface area contributed by atoms with Gasteiger partial charge in [0.05, 0.1) is 0 Å². The number of amides is 1. The number of Topliss-reactive ketones (excluding diaryl/α,β-unsaturated/α-hetero) is 1. The first kappa shape index (κ1) is 20.6. The highest BCUT2D eigenvalue weighted by Gasteiger charge is 2.19. The van der Waals surface area contributed by atoms with Crippen molar-refractivity contribution >= 4 is 11.7 Å². The number of carbonyl (C=O) groups is 2. The van der Waals surface area contributed by atoms with Crippen LogP contribution >= 0.6 is 0 Å². The number of carbonyl (C=O) groups excluding carboxylic acids is 2. The molecule has 0 heterocycles. The van der Waals surface area contributed by atoms with Crippen LogP contribution in [0.2, 0.25) is 0 Å². The average molecular weight is 339 g/mol. The van der Waals surface area contributed by atoms with Crippen LogP contribution < -0.4 is 5.32 Å². The zero-order valence-electron chi connectivity index (χ0n) is 16.0. The number of benzene rings is 1. The van der Waals surface area contributed by atoms with Crippen LogP contribution in [0.15, 0.2) is 65.8 Å². The first-order chi connectivity index (χ1) is 11.6. The Labute approximate surface area is 151 Å². The Kier molecular flexibility index (Phi) is 7.56. The van der Waals surface area contributed by atoms with E-state index in [-0.39, 0.29) is 17.1 Å². The molecule has 1 amide bonds. The fourth-order valence-electron chi connectivity index (χ4n) is 2.41. The van der Waals surface area contributed by atoms with Crippen LogP contribution in [0.3, 0.4) is 0 Å². The van der Waals surface area contributed by atoms with Gasteiger partial charge in [0, 0.05) is 24.6 Å². The second kappa shape index (κ2) is 9.16. The Hall–Kier alpha value is -2.42. The van der Waals surface area contributed by atoms with Crippen LogP contribution in [0.4, 0.5) is 0 Å². The standard InChI is InChI=1S/C22H29NO2/c1-16(12-18-10-8-7-9-11-18)13-19(14-17(2)21(25)23-6)20(24)15-22(3,4)5/h7-11,13-14H,1,12,15H2,2-6H3,(H,23,25)/b17-14+,19-13+. The van der Waals surface area contributed by atoms with E-state index in [1.54, 1.807) is 26.1 Å². The summed E-state index contributed by atoms with van der Waals surface area (Å²) in [6.07, 6.45) is 4.53. The van der Waals surface area contributed by atoms with E-state index in [2.05, 4.69) is 11.9 Å². The Bertz CT molecular complexity index is 688. The number of nitrogens with one attached hydrogen (secondary N) is 1. The van der Waals surface area contributed by atoms with Crippen molar-refractivity contribution < 1.29 is 9.59 Å². The van der Waals surface area contributed by atoms with Gasteiger partial charge in [0.15, 0.2) is 5.78 Å². The average Bonchev–Trinajstić information content (AvgIpc) is 2.52. The van der Waals surface area contributed by atoms with E-state index in [9.17, 15) is 9.59 Å². The molecule has 0 saturated heterocycles. The lowest BCUT2D eigenvalue weighted by molar-refractivity contribution is -0.117. The molecule has 1 N–H and O–H groups in total. The smallest absolute Gasteiger partial charge is 0.246 e. The fraction of sp³-hybridized carbons (Fsp3) is 0.364. The number of hydrogen-bond acceptors (Lipinski definition) is 2. The normalized spacial score (nSPS) is 12.7. The van der Waals surface area contributed by atoms with Crippen LogP contribution in [0.25, 0.3) is 0 Å². The van der Waals surface area contributed by atoms with E-state index in [0.29, 0.717) is 24.0 Å². The quantitative estimate of drug-likeness (QED) is 0.591. The molecule has 1 aromatic carbocycles. The van der Waals surface area contributed by atoms with E-state index in [1.807, 2.05) is 51.1 Å². The molecule has 0 aliphatic carbocycles. The van der Waals surface area contributed by atoms with E-state index in [4.69, 9.17) is 0 Å². The lowest BCUT2D eigenvalue weighted by Gasteiger charge is -2.17. The molecule has 1 rings (SSSR count). The minimum atomic E-state index is -0.192. The maximum Gasteiger partial charge on any atom is 0.246 e. The lowest BCUT2D eigenvalue weighted by Crippen LogP contribution is -2.19. The van der Waals surface area contributed by atoms with Gasteiger partial charge in [-0.3, -0.25) is 9.59 Å². The molecule has 0 fully saturated rings. The molecule has 3 nitrogen and oxygen atoms in total. The Morgan fingerprint density at radius 3 is 2.24 bits per heavy atom. The first-order valence-corrected chi connectivity index (χ1v) is 8.49. The molecule has 0 saturated carbocycles. The molecule has 0 spiro atoms. The van der Waals surface area contributed by atoms with Gasteiger partial charge in [-0.15, -0.1) is 0 Å². The summed E-state index contributed by atoms with van der Waals surface area (Å²) in [5.41, 5.74) is 2.88. The van der Waals surface area contributed by atoms with E-state index in [1.165, 1.54) is 0 Å². The molecule has 1 aromatic rings. The van der Waals surface area contributed by atoms with E-state index in [0.717, 1.165) is 11.1 Å². The Balaban J connectivity index is 3.09. The van der Waals surface area contributed by atoms with Gasteiger partial charge in [-0.2, -0.15) is 0 Å². The molecule has 3 heteroatoms. The van der Waals surface area contributed by atoms with Gasteiger partial charge >= 0.3 is 0 Å². The van der Waals surface area contributed by atoms with Gasteiger partial charge in [-0.25, -0.2) is 0 Å². The second-order valence-electron chi connectivity index (χ2n) is 7.49. The van der Waals surface area contributed by atoms with Crippen molar-refractivity contribution in [2.75, 3.05) is 7.05 Å². The molecular weight excluding hydrogens is 310 g/mol. The predicted molar refractivity (Wildman–Crippen MR) is 104 cm³/mol. The third-order valence-corrected chi connectivity index (χ3v) is 3.60. The zero-order valence-corrected chi connectivity index (χ0v) is 16.0. The molecule has 0 atom stereocenters. The maximum atomic E-state index is 12.7. The minimum Gasteiger partial charge on any atom is -0.355 e. The van der Waals surface area contributed by atoms with Gasteiger partial charge in [-0.1, -0.05) is 63.3 Å². The number of rotatable bonds is 7. The summed E-state index contributed by atoms with van der Waals surface area (Å²) in [4.78, 5) is 24.5. The largest absolute Gasteiger partial charge is 0.355 e. The second-order valence-corrected chi connectivity index (χ2v) is 7.49. The van der Waals surface area contributed by atoms with Gasteiger partial charge < -0.3 is 5.32 Å². The summed E-state index contributed by atoms with van der Waals surface area (Å²) in [5, 5.41) is 2.58. The van der Waals surface area contributed by atoms with Gasteiger partial charge in [0.25, 0.3) is 0 Å². The van der Waals surface area contributed by atoms with Gasteiger partial charge in [0.1, 0.15) is 0 Å². The van der Waals surface area contributed by atoms with Crippen LogP contribution in [-0.2, 0) is 16.0 Å². The molecule has 0 unspecified atom stereocenters. The molecule has 0 aliphatic heterocycles. The molecule has 0 bridgehead atoms. The van der Waals surface area contributed by atoms with Crippen LogP contribution in [0.5, 0.6) is 0 Å². The molecule has 0 aromatic heterocycles. The number of hydrogen-bond donors (Lipinski definition) is 1. The SMILES string of the molecule is C=C(/C=C(\C=C(/C)C(=O)NC)C(=O)CC(C)(C)C)Cc1ccccc1. The van der Waals surface area contributed by atoms with Gasteiger partial charge in [0.2, 0.25) is 5.91 Å². The minimum absolute atomic E-state index is 0.0185. The van der Waals surface area contributed by atoms with Crippen molar-refractivity contribution in [3.63, 3.8) is 0 Å². The summed E-state index contributed by atoms with van der Waals surface area (Å²) in [6.45, 7) is 11.9. The molecule has 0 radical (unpaired) electrons. The summed E-state index contributed by atoms with van der Waals surface area (Å²) in [7, 11) is 1.58. The highest BCUT2D eigenvalue weighted by molar-refractivity contribution is 6.02. The number of ketones is 1. The summed E-state index contributed by atoms with van der Waals surface area (Å²) in [5.74, 6) is -0.173. The molecule has 25 heavy (non-hydrogen) atoms. The zero-order chi connectivity index (χ0) is 19.0. The number of allylic oxidation sites excluding steroid dienone is 4. The Morgan fingerprint density at radius 2 is 1.72 bits per heavy atom. The highest BCUT2D eigenvalue weighted by atomic mass is 16.1. The first-order valence-electron chi connectivity index (χ1n) is 8.49. The third-order valence-electron chi connectivity index (χ3n) is 3.60. The van der Waals surface area contributed by atoms with Gasteiger partial charge in [-0.05, 0) is 36.5 Å². The van der Waals surface area contributed by atoms with Crippen LogP contribution in [-0.4, -0.2) is 18.7 Å². The van der Waals surface area contributed by atoms with Crippen LogP contribution in [0, 0.1) is 5.41 Å². The van der Waals surface area contributed by atoms with Crippen molar-refractivity contribution in [2.45, 2.75) is 40.5 Å². The maximum absolute atomic E-state index is 12.7. The van der Waals surface area contributed by atoms with Crippen molar-refractivity contribution in [3.8, 4) is 0 Å². The van der Waals surface area contributed by atoms with Crippen LogP contribution in [0.1, 0.15) is 39.7 Å². The third kappa shape index (κ3) is 7.79. The Morgan fingerprint density at radius 1 is 1.12 bits per heavy atom.